The van der Waals surface area contributed by atoms with Gasteiger partial charge < -0.3 is 11.1 Å². The zero-order valence-electron chi connectivity index (χ0n) is 11.4. The fourth-order valence-electron chi connectivity index (χ4n) is 1.59. The van der Waals surface area contributed by atoms with Crippen LogP contribution in [0, 0.1) is 13.8 Å². The Balaban J connectivity index is 1.90. The Hall–Kier alpha value is -2.08. The summed E-state index contributed by atoms with van der Waals surface area (Å²) in [4.78, 5) is 20.1. The summed E-state index contributed by atoms with van der Waals surface area (Å²) in [6.45, 7) is 3.84. The average Bonchev–Trinajstić information content (AvgIpc) is 2.38. The summed E-state index contributed by atoms with van der Waals surface area (Å²) >= 11 is 1.26. The molecular formula is C14H16N4OS. The van der Waals surface area contributed by atoms with Gasteiger partial charge in [-0.25, -0.2) is 9.97 Å². The average molecular weight is 288 g/mol. The molecule has 0 atom stereocenters. The number of aryl methyl sites for hydroxylation is 2. The second-order valence-corrected chi connectivity index (χ2v) is 5.36. The van der Waals surface area contributed by atoms with Crippen molar-refractivity contribution in [1.29, 1.82) is 0 Å². The van der Waals surface area contributed by atoms with Gasteiger partial charge in [0, 0.05) is 17.4 Å². The van der Waals surface area contributed by atoms with Gasteiger partial charge >= 0.3 is 0 Å². The molecule has 104 valence electrons. The largest absolute Gasteiger partial charge is 0.384 e. The maximum Gasteiger partial charge on any atom is 0.234 e. The lowest BCUT2D eigenvalue weighted by atomic mass is 10.2. The summed E-state index contributed by atoms with van der Waals surface area (Å²) in [6, 6.07) is 9.34. The Morgan fingerprint density at radius 2 is 1.95 bits per heavy atom. The molecule has 0 radical (unpaired) electrons. The number of carbonyl (C=O) groups is 1. The Kier molecular flexibility index (Phi) is 4.57. The summed E-state index contributed by atoms with van der Waals surface area (Å²) in [5, 5.41) is 3.34. The topological polar surface area (TPSA) is 80.9 Å². The molecule has 0 aliphatic heterocycles. The maximum absolute atomic E-state index is 11.8. The SMILES string of the molecule is Cc1ccc(NC(=O)CSc2nc(C)cc(N)n2)cc1. The van der Waals surface area contributed by atoms with Gasteiger partial charge in [-0.3, -0.25) is 4.79 Å². The van der Waals surface area contributed by atoms with E-state index in [0.29, 0.717) is 11.0 Å². The predicted octanol–water partition coefficient (Wildman–Crippen LogP) is 2.41. The van der Waals surface area contributed by atoms with E-state index in [0.717, 1.165) is 16.9 Å². The highest BCUT2D eigenvalue weighted by atomic mass is 32.2. The highest BCUT2D eigenvalue weighted by Crippen LogP contribution is 2.16. The molecule has 1 heterocycles. The molecule has 2 rings (SSSR count). The van der Waals surface area contributed by atoms with Gasteiger partial charge in [0.15, 0.2) is 5.16 Å². The molecule has 20 heavy (non-hydrogen) atoms. The third kappa shape index (κ3) is 4.24. The minimum atomic E-state index is -0.0949. The molecule has 2 aromatic rings. The number of amides is 1. The number of thioether (sulfide) groups is 1. The number of rotatable bonds is 4. The third-order valence-corrected chi connectivity index (χ3v) is 3.37. The Labute approximate surface area is 122 Å². The van der Waals surface area contributed by atoms with Crippen LogP contribution in [-0.4, -0.2) is 21.6 Å². The zero-order valence-corrected chi connectivity index (χ0v) is 12.2. The molecule has 0 unspecified atom stereocenters. The maximum atomic E-state index is 11.8. The molecule has 0 spiro atoms. The standard InChI is InChI=1S/C14H16N4OS/c1-9-3-5-11(6-4-9)17-13(19)8-20-14-16-10(2)7-12(15)18-14/h3-7H,8H2,1-2H3,(H,17,19)(H2,15,16,18). The zero-order chi connectivity index (χ0) is 14.5. The van der Waals surface area contributed by atoms with Crippen LogP contribution in [-0.2, 0) is 4.79 Å². The van der Waals surface area contributed by atoms with E-state index in [1.165, 1.54) is 11.8 Å². The number of hydrogen-bond donors (Lipinski definition) is 2. The predicted molar refractivity (Wildman–Crippen MR) is 81.7 cm³/mol. The molecule has 1 amide bonds. The molecule has 0 fully saturated rings. The van der Waals surface area contributed by atoms with Crippen molar-refractivity contribution in [1.82, 2.24) is 9.97 Å². The molecule has 0 aliphatic rings. The van der Waals surface area contributed by atoms with E-state index in [1.807, 2.05) is 38.1 Å². The fourth-order valence-corrected chi connectivity index (χ4v) is 2.30. The highest BCUT2D eigenvalue weighted by molar-refractivity contribution is 7.99. The first-order valence-electron chi connectivity index (χ1n) is 6.13. The van der Waals surface area contributed by atoms with Crippen LogP contribution in [0.3, 0.4) is 0 Å². The van der Waals surface area contributed by atoms with Crippen molar-refractivity contribution in [3.8, 4) is 0 Å². The number of nitrogens with one attached hydrogen (secondary N) is 1. The van der Waals surface area contributed by atoms with Crippen LogP contribution in [0.1, 0.15) is 11.3 Å². The number of nitrogens with zero attached hydrogens (tertiary/aromatic N) is 2. The summed E-state index contributed by atoms with van der Waals surface area (Å²) in [7, 11) is 0. The van der Waals surface area contributed by atoms with Gasteiger partial charge in [0.25, 0.3) is 0 Å². The number of nitrogen functional groups attached to an aromatic ring is 1. The lowest BCUT2D eigenvalue weighted by Gasteiger charge is -2.05. The molecule has 1 aromatic carbocycles. The minimum absolute atomic E-state index is 0.0949. The number of hydrogen-bond acceptors (Lipinski definition) is 5. The molecule has 0 aliphatic carbocycles. The van der Waals surface area contributed by atoms with Crippen molar-refractivity contribution < 1.29 is 4.79 Å². The Morgan fingerprint density at radius 3 is 2.60 bits per heavy atom. The van der Waals surface area contributed by atoms with Gasteiger partial charge in [0.2, 0.25) is 5.91 Å². The van der Waals surface area contributed by atoms with E-state index in [4.69, 9.17) is 5.73 Å². The summed E-state index contributed by atoms with van der Waals surface area (Å²) in [5.41, 5.74) is 8.37. The van der Waals surface area contributed by atoms with Gasteiger partial charge in [-0.15, -0.1) is 0 Å². The first kappa shape index (κ1) is 14.3. The summed E-state index contributed by atoms with van der Waals surface area (Å²) in [6.07, 6.45) is 0. The Bertz CT molecular complexity index is 593. The lowest BCUT2D eigenvalue weighted by Crippen LogP contribution is -2.14. The molecule has 0 saturated carbocycles. The van der Waals surface area contributed by atoms with Gasteiger partial charge in [-0.05, 0) is 26.0 Å². The lowest BCUT2D eigenvalue weighted by molar-refractivity contribution is -0.113. The van der Waals surface area contributed by atoms with Gasteiger partial charge in [0.05, 0.1) is 5.75 Å². The summed E-state index contributed by atoms with van der Waals surface area (Å²) < 4.78 is 0. The van der Waals surface area contributed by atoms with Crippen LogP contribution < -0.4 is 11.1 Å². The van der Waals surface area contributed by atoms with Crippen LogP contribution in [0.4, 0.5) is 11.5 Å². The van der Waals surface area contributed by atoms with Crippen LogP contribution in [0.15, 0.2) is 35.5 Å². The number of aromatic nitrogens is 2. The monoisotopic (exact) mass is 288 g/mol. The molecule has 1 aromatic heterocycles. The van der Waals surface area contributed by atoms with E-state index in [2.05, 4.69) is 15.3 Å². The normalized spacial score (nSPS) is 10.3. The van der Waals surface area contributed by atoms with Gasteiger partial charge in [-0.2, -0.15) is 0 Å². The smallest absolute Gasteiger partial charge is 0.234 e. The number of anilines is 2. The quantitative estimate of drug-likeness (QED) is 0.667. The molecular weight excluding hydrogens is 272 g/mol. The second-order valence-electron chi connectivity index (χ2n) is 4.42. The van der Waals surface area contributed by atoms with Crippen LogP contribution >= 0.6 is 11.8 Å². The first-order chi connectivity index (χ1) is 9.52. The summed E-state index contributed by atoms with van der Waals surface area (Å²) in [5.74, 6) is 0.568. The van der Waals surface area contributed by atoms with E-state index >= 15 is 0 Å². The third-order valence-electron chi connectivity index (χ3n) is 2.52. The van der Waals surface area contributed by atoms with Crippen LogP contribution in [0.25, 0.3) is 0 Å². The van der Waals surface area contributed by atoms with Gasteiger partial charge in [0.1, 0.15) is 5.82 Å². The van der Waals surface area contributed by atoms with Crippen molar-refractivity contribution in [2.45, 2.75) is 19.0 Å². The van der Waals surface area contributed by atoms with Crippen molar-refractivity contribution in [3.63, 3.8) is 0 Å². The van der Waals surface area contributed by atoms with E-state index in [1.54, 1.807) is 6.07 Å². The van der Waals surface area contributed by atoms with E-state index in [-0.39, 0.29) is 11.7 Å². The highest BCUT2D eigenvalue weighted by Gasteiger charge is 2.06. The fraction of sp³-hybridized carbons (Fsp3) is 0.214. The number of benzene rings is 1. The van der Waals surface area contributed by atoms with Crippen molar-refractivity contribution in [2.24, 2.45) is 0 Å². The molecule has 5 nitrogen and oxygen atoms in total. The van der Waals surface area contributed by atoms with Crippen molar-refractivity contribution in [3.05, 3.63) is 41.6 Å². The number of carbonyl (C=O) groups excluding carboxylic acids is 1. The van der Waals surface area contributed by atoms with Crippen LogP contribution in [0.2, 0.25) is 0 Å². The molecule has 6 heteroatoms. The van der Waals surface area contributed by atoms with E-state index < -0.39 is 0 Å². The van der Waals surface area contributed by atoms with Crippen LogP contribution in [0.5, 0.6) is 0 Å². The van der Waals surface area contributed by atoms with Crippen molar-refractivity contribution >= 4 is 29.2 Å². The van der Waals surface area contributed by atoms with Gasteiger partial charge in [-0.1, -0.05) is 29.5 Å². The molecule has 0 bridgehead atoms. The Morgan fingerprint density at radius 1 is 1.25 bits per heavy atom. The molecule has 0 saturated heterocycles. The minimum Gasteiger partial charge on any atom is -0.384 e. The number of nitrogens with two attached hydrogens (primary N) is 1. The molecule has 3 N–H and O–H groups in total. The first-order valence-corrected chi connectivity index (χ1v) is 7.12. The van der Waals surface area contributed by atoms with Crippen molar-refractivity contribution in [2.75, 3.05) is 16.8 Å². The van der Waals surface area contributed by atoms with E-state index in [9.17, 15) is 4.79 Å². The second kappa shape index (κ2) is 6.38.